The van der Waals surface area contributed by atoms with Crippen LogP contribution in [-0.2, 0) is 0 Å². The summed E-state index contributed by atoms with van der Waals surface area (Å²) in [5.74, 6) is 0.0500. The van der Waals surface area contributed by atoms with E-state index in [1.807, 2.05) is 18.2 Å². The number of nitrogens with one attached hydrogen (secondary N) is 1. The van der Waals surface area contributed by atoms with Crippen molar-refractivity contribution in [2.45, 2.75) is 12.1 Å². The van der Waals surface area contributed by atoms with Gasteiger partial charge in [0.15, 0.2) is 5.78 Å². The second-order valence-electron chi connectivity index (χ2n) is 4.70. The maximum atomic E-state index is 12.2. The molecule has 1 heterocycles. The minimum atomic E-state index is -0.434. The number of non-ortho nitro benzene ring substituents is 1. The van der Waals surface area contributed by atoms with Crippen LogP contribution in [-0.4, -0.2) is 16.7 Å². The van der Waals surface area contributed by atoms with Gasteiger partial charge in [0.2, 0.25) is 0 Å². The summed E-state index contributed by atoms with van der Waals surface area (Å²) in [5, 5.41) is 13.7. The number of Topliss-reactive ketones (excluding diaryl/α,β-unsaturated/α-hetero) is 1. The quantitative estimate of drug-likeness (QED) is 0.399. The highest BCUT2D eigenvalue weighted by Gasteiger charge is 2.43. The van der Waals surface area contributed by atoms with Crippen LogP contribution in [0.2, 0.25) is 0 Å². The van der Waals surface area contributed by atoms with Gasteiger partial charge in [0.25, 0.3) is 5.69 Å². The number of nitro groups is 1. The van der Waals surface area contributed by atoms with Gasteiger partial charge >= 0.3 is 0 Å². The smallest absolute Gasteiger partial charge is 0.269 e. The summed E-state index contributed by atoms with van der Waals surface area (Å²) in [6.07, 6.45) is 0. The highest BCUT2D eigenvalue weighted by molar-refractivity contribution is 6.02. The molecule has 1 aliphatic rings. The van der Waals surface area contributed by atoms with E-state index in [0.29, 0.717) is 5.56 Å². The molecule has 2 aromatic carbocycles. The van der Waals surface area contributed by atoms with Crippen LogP contribution in [0.1, 0.15) is 22.0 Å². The van der Waals surface area contributed by atoms with Crippen molar-refractivity contribution in [2.75, 3.05) is 0 Å². The number of carbonyl (C=O) groups excluding carboxylic acids is 1. The van der Waals surface area contributed by atoms with Crippen LogP contribution in [0.4, 0.5) is 5.69 Å². The van der Waals surface area contributed by atoms with Gasteiger partial charge in [0, 0.05) is 17.7 Å². The van der Waals surface area contributed by atoms with Crippen molar-refractivity contribution in [1.82, 2.24) is 5.32 Å². The second kappa shape index (κ2) is 4.86. The van der Waals surface area contributed by atoms with E-state index < -0.39 is 4.92 Å². The van der Waals surface area contributed by atoms with E-state index in [1.54, 1.807) is 24.3 Å². The monoisotopic (exact) mass is 268 g/mol. The molecule has 1 saturated heterocycles. The fourth-order valence-electron chi connectivity index (χ4n) is 2.24. The Balaban J connectivity index is 1.73. The Morgan fingerprint density at radius 3 is 2.30 bits per heavy atom. The molecule has 0 bridgehead atoms. The first-order valence-corrected chi connectivity index (χ1v) is 6.26. The molecule has 5 heteroatoms. The molecule has 1 N–H and O–H groups in total. The summed E-state index contributed by atoms with van der Waals surface area (Å²) < 4.78 is 0. The molecule has 2 atom stereocenters. The van der Waals surface area contributed by atoms with E-state index in [-0.39, 0.29) is 23.6 Å². The maximum absolute atomic E-state index is 12.2. The van der Waals surface area contributed by atoms with Gasteiger partial charge in [-0.2, -0.15) is 0 Å². The first-order chi connectivity index (χ1) is 9.66. The molecular formula is C15H12N2O3. The zero-order chi connectivity index (χ0) is 14.1. The van der Waals surface area contributed by atoms with Crippen LogP contribution in [0.25, 0.3) is 0 Å². The molecule has 0 aliphatic carbocycles. The van der Waals surface area contributed by atoms with Crippen LogP contribution < -0.4 is 5.32 Å². The summed E-state index contributed by atoms with van der Waals surface area (Å²) in [6.45, 7) is 0. The Labute approximate surface area is 115 Å². The van der Waals surface area contributed by atoms with Crippen molar-refractivity contribution in [2.24, 2.45) is 0 Å². The molecule has 1 fully saturated rings. The second-order valence-corrected chi connectivity index (χ2v) is 4.70. The van der Waals surface area contributed by atoms with E-state index in [9.17, 15) is 14.9 Å². The average molecular weight is 268 g/mol. The normalized spacial score (nSPS) is 20.4. The Morgan fingerprint density at radius 2 is 1.70 bits per heavy atom. The first kappa shape index (κ1) is 12.5. The summed E-state index contributed by atoms with van der Waals surface area (Å²) in [7, 11) is 0. The third kappa shape index (κ3) is 2.31. The van der Waals surface area contributed by atoms with E-state index >= 15 is 0 Å². The number of benzene rings is 2. The molecule has 3 rings (SSSR count). The lowest BCUT2D eigenvalue weighted by molar-refractivity contribution is -0.384. The molecule has 0 radical (unpaired) electrons. The number of rotatable bonds is 4. The molecule has 20 heavy (non-hydrogen) atoms. The standard InChI is InChI=1S/C15H12N2O3/c18-15(11-4-2-1-3-5-11)14-13(16-14)10-6-8-12(9-7-10)17(19)20/h1-9,13-14,16H. The van der Waals surface area contributed by atoms with Crippen molar-refractivity contribution in [3.05, 3.63) is 75.8 Å². The number of hydrogen-bond donors (Lipinski definition) is 1. The summed E-state index contributed by atoms with van der Waals surface area (Å²) in [4.78, 5) is 22.4. The summed E-state index contributed by atoms with van der Waals surface area (Å²) in [6, 6.07) is 15.1. The fourth-order valence-corrected chi connectivity index (χ4v) is 2.24. The van der Waals surface area contributed by atoms with Crippen LogP contribution >= 0.6 is 0 Å². The van der Waals surface area contributed by atoms with Crippen LogP contribution in [0.3, 0.4) is 0 Å². The van der Waals surface area contributed by atoms with Gasteiger partial charge in [0.05, 0.1) is 17.0 Å². The van der Waals surface area contributed by atoms with E-state index in [4.69, 9.17) is 0 Å². The van der Waals surface area contributed by atoms with Gasteiger partial charge in [-0.05, 0) is 5.56 Å². The molecular weight excluding hydrogens is 256 g/mol. The van der Waals surface area contributed by atoms with Crippen LogP contribution in [0, 0.1) is 10.1 Å². The predicted molar refractivity (Wildman–Crippen MR) is 73.5 cm³/mol. The highest BCUT2D eigenvalue weighted by Crippen LogP contribution is 2.32. The van der Waals surface area contributed by atoms with E-state index in [1.165, 1.54) is 12.1 Å². The predicted octanol–water partition coefficient (Wildman–Crippen LogP) is 2.49. The zero-order valence-corrected chi connectivity index (χ0v) is 10.5. The van der Waals surface area contributed by atoms with Crippen LogP contribution in [0.5, 0.6) is 0 Å². The molecule has 100 valence electrons. The number of ketones is 1. The zero-order valence-electron chi connectivity index (χ0n) is 10.5. The number of carbonyl (C=O) groups is 1. The Kier molecular flexibility index (Phi) is 3.04. The van der Waals surface area contributed by atoms with Gasteiger partial charge < -0.3 is 0 Å². The maximum Gasteiger partial charge on any atom is 0.269 e. The third-order valence-corrected chi connectivity index (χ3v) is 3.39. The molecule has 0 aromatic heterocycles. The summed E-state index contributed by atoms with van der Waals surface area (Å²) in [5.41, 5.74) is 1.62. The molecule has 0 saturated carbocycles. The lowest BCUT2D eigenvalue weighted by atomic mass is 10.0. The van der Waals surface area contributed by atoms with Gasteiger partial charge in [-0.25, -0.2) is 0 Å². The van der Waals surface area contributed by atoms with Gasteiger partial charge in [-0.15, -0.1) is 0 Å². The molecule has 5 nitrogen and oxygen atoms in total. The van der Waals surface area contributed by atoms with Crippen molar-refractivity contribution in [3.8, 4) is 0 Å². The van der Waals surface area contributed by atoms with Crippen molar-refractivity contribution in [1.29, 1.82) is 0 Å². The van der Waals surface area contributed by atoms with Crippen molar-refractivity contribution < 1.29 is 9.72 Å². The molecule has 1 aliphatic heterocycles. The van der Waals surface area contributed by atoms with Crippen molar-refractivity contribution >= 4 is 11.5 Å². The van der Waals surface area contributed by atoms with Gasteiger partial charge in [-0.3, -0.25) is 20.2 Å². The van der Waals surface area contributed by atoms with E-state index in [0.717, 1.165) is 5.56 Å². The molecule has 2 unspecified atom stereocenters. The van der Waals surface area contributed by atoms with Crippen molar-refractivity contribution in [3.63, 3.8) is 0 Å². The Morgan fingerprint density at radius 1 is 1.05 bits per heavy atom. The number of nitrogens with zero attached hydrogens (tertiary/aromatic N) is 1. The van der Waals surface area contributed by atoms with Crippen LogP contribution in [0.15, 0.2) is 54.6 Å². The minimum Gasteiger partial charge on any atom is -0.297 e. The molecule has 0 amide bonds. The fraction of sp³-hybridized carbons (Fsp3) is 0.133. The summed E-state index contributed by atoms with van der Waals surface area (Å²) >= 11 is 0. The van der Waals surface area contributed by atoms with E-state index in [2.05, 4.69) is 5.32 Å². The first-order valence-electron chi connectivity index (χ1n) is 6.26. The lowest BCUT2D eigenvalue weighted by Crippen LogP contribution is -2.09. The van der Waals surface area contributed by atoms with Gasteiger partial charge in [-0.1, -0.05) is 42.5 Å². The Hall–Kier alpha value is -2.53. The van der Waals surface area contributed by atoms with Gasteiger partial charge in [0.1, 0.15) is 0 Å². The number of hydrogen-bond acceptors (Lipinski definition) is 4. The Bertz CT molecular complexity index is 653. The average Bonchev–Trinajstić information content (AvgIpc) is 3.28. The largest absolute Gasteiger partial charge is 0.297 e. The SMILES string of the molecule is O=C(c1ccccc1)C1NC1c1ccc([N+](=O)[O-])cc1. The molecule has 0 spiro atoms. The molecule has 2 aromatic rings. The topological polar surface area (TPSA) is 82.2 Å². The minimum absolute atomic E-state index is 0.0500. The number of nitro benzene ring substituents is 1. The lowest BCUT2D eigenvalue weighted by Gasteiger charge is -1.99. The third-order valence-electron chi connectivity index (χ3n) is 3.39. The highest BCUT2D eigenvalue weighted by atomic mass is 16.6.